The van der Waals surface area contributed by atoms with E-state index in [-0.39, 0.29) is 21.4 Å². The van der Waals surface area contributed by atoms with Crippen molar-refractivity contribution in [1.29, 1.82) is 0 Å². The highest BCUT2D eigenvalue weighted by atomic mass is 32.2. The number of pyridine rings is 1. The van der Waals surface area contributed by atoms with Crippen molar-refractivity contribution < 1.29 is 22.5 Å². The Morgan fingerprint density at radius 3 is 2.39 bits per heavy atom. The van der Waals surface area contributed by atoms with Gasteiger partial charge in [0.05, 0.1) is 14.7 Å². The van der Waals surface area contributed by atoms with Crippen LogP contribution in [0.5, 0.6) is 0 Å². The van der Waals surface area contributed by atoms with Crippen LogP contribution in [0.4, 0.5) is 10.1 Å². The Morgan fingerprint density at radius 1 is 1.03 bits per heavy atom. The number of non-ortho nitro benzene ring substituents is 1. The summed E-state index contributed by atoms with van der Waals surface area (Å²) in [4.78, 5) is 32.6. The molecular formula is C21H12FN3O5S3. The topological polar surface area (TPSA) is 120 Å². The predicted molar refractivity (Wildman–Crippen MR) is 120 cm³/mol. The number of hydrogen-bond donors (Lipinski definition) is 0. The first kappa shape index (κ1) is 22.7. The monoisotopic (exact) mass is 501 g/mol. The van der Waals surface area contributed by atoms with Crippen molar-refractivity contribution >= 4 is 43.7 Å². The van der Waals surface area contributed by atoms with Crippen LogP contribution in [0.15, 0.2) is 87.9 Å². The first-order chi connectivity index (χ1) is 15.8. The van der Waals surface area contributed by atoms with Gasteiger partial charge in [-0.15, -0.1) is 11.3 Å². The molecule has 4 aromatic rings. The third-order valence-corrected chi connectivity index (χ3v) is 8.16. The molecular weight excluding hydrogens is 489 g/mol. The van der Waals surface area contributed by atoms with Crippen LogP contribution < -0.4 is 0 Å². The number of carbonyl (C=O) groups is 1. The summed E-state index contributed by atoms with van der Waals surface area (Å²) in [5.41, 5.74) is 0.394. The number of nitrogens with zero attached hydrogens (tertiary/aromatic N) is 3. The summed E-state index contributed by atoms with van der Waals surface area (Å²) in [6, 6.07) is 11.7. The molecule has 0 bridgehead atoms. The summed E-state index contributed by atoms with van der Waals surface area (Å²) in [6.07, 6.45) is 4.56. The zero-order valence-electron chi connectivity index (χ0n) is 16.4. The zero-order valence-corrected chi connectivity index (χ0v) is 18.9. The van der Waals surface area contributed by atoms with Crippen molar-refractivity contribution in [1.82, 2.24) is 9.97 Å². The largest absolute Gasteiger partial charge is 0.309 e. The van der Waals surface area contributed by atoms with Gasteiger partial charge in [-0.1, -0.05) is 11.8 Å². The molecule has 0 aliphatic carbocycles. The number of thiazole rings is 1. The Balaban J connectivity index is 1.62. The van der Waals surface area contributed by atoms with Gasteiger partial charge in [-0.25, -0.2) is 17.8 Å². The normalized spacial score (nSPS) is 11.3. The Kier molecular flexibility index (Phi) is 6.31. The lowest BCUT2D eigenvalue weighted by Gasteiger charge is -2.06. The molecule has 2 aromatic heterocycles. The van der Waals surface area contributed by atoms with Crippen LogP contribution in [0.3, 0.4) is 0 Å². The highest BCUT2D eigenvalue weighted by Crippen LogP contribution is 2.38. The summed E-state index contributed by atoms with van der Waals surface area (Å²) < 4.78 is 38.6. The number of nitro groups is 1. The maximum absolute atomic E-state index is 13.2. The smallest absolute Gasteiger partial charge is 0.273 e. The third-order valence-electron chi connectivity index (χ3n) is 4.37. The number of rotatable bonds is 6. The average Bonchev–Trinajstić information content (AvgIpc) is 3.30. The minimum Gasteiger partial charge on any atom is -0.273 e. The molecule has 0 N–H and O–H groups in total. The third kappa shape index (κ3) is 4.82. The number of hydrogen-bond acceptors (Lipinski definition) is 9. The van der Waals surface area contributed by atoms with Gasteiger partial charge in [0, 0.05) is 46.1 Å². The molecule has 0 unspecified atom stereocenters. The second kappa shape index (κ2) is 9.17. The Morgan fingerprint density at radius 2 is 1.73 bits per heavy atom. The highest BCUT2D eigenvalue weighted by Gasteiger charge is 2.30. The molecule has 0 radical (unpaired) electrons. The van der Waals surface area contributed by atoms with E-state index in [1.165, 1.54) is 30.1 Å². The van der Waals surface area contributed by atoms with E-state index in [0.29, 0.717) is 15.3 Å². The first-order valence-corrected chi connectivity index (χ1v) is 12.2. The van der Waals surface area contributed by atoms with Gasteiger partial charge in [-0.2, -0.15) is 0 Å². The standard InChI is InChI=1S/C21H12FN3O5S3/c22-13-1-5-15(6-2-13)31-18-11-23-10-9-17(18)19-12-24-20(32-19)21(26)33(29,30)16-7-3-14(4-8-16)25(27)28/h1-12H. The van der Waals surface area contributed by atoms with Crippen molar-refractivity contribution in [2.75, 3.05) is 0 Å². The predicted octanol–water partition coefficient (Wildman–Crippen LogP) is 5.02. The second-order valence-electron chi connectivity index (χ2n) is 6.50. The summed E-state index contributed by atoms with van der Waals surface area (Å²) in [7, 11) is -4.43. The van der Waals surface area contributed by atoms with Crippen LogP contribution in [0.25, 0.3) is 10.4 Å². The van der Waals surface area contributed by atoms with E-state index in [4.69, 9.17) is 0 Å². The first-order valence-electron chi connectivity index (χ1n) is 9.13. The van der Waals surface area contributed by atoms with Crippen molar-refractivity contribution in [3.63, 3.8) is 0 Å². The van der Waals surface area contributed by atoms with Gasteiger partial charge >= 0.3 is 5.12 Å². The lowest BCUT2D eigenvalue weighted by atomic mass is 10.2. The molecule has 0 atom stereocenters. The lowest BCUT2D eigenvalue weighted by Crippen LogP contribution is -2.15. The van der Waals surface area contributed by atoms with Gasteiger partial charge in [0.1, 0.15) is 5.82 Å². The van der Waals surface area contributed by atoms with Gasteiger partial charge in [0.2, 0.25) is 9.84 Å². The second-order valence-corrected chi connectivity index (χ2v) is 10.5. The number of sulfone groups is 1. The molecule has 0 aliphatic rings. The number of carbonyl (C=O) groups excluding carboxylic acids is 1. The fraction of sp³-hybridized carbons (Fsp3) is 0. The van der Waals surface area contributed by atoms with Crippen LogP contribution >= 0.6 is 23.1 Å². The summed E-state index contributed by atoms with van der Waals surface area (Å²) in [5, 5.41) is 9.33. The fourth-order valence-electron chi connectivity index (χ4n) is 2.76. The van der Waals surface area contributed by atoms with Crippen LogP contribution in [-0.4, -0.2) is 28.4 Å². The molecule has 33 heavy (non-hydrogen) atoms. The molecule has 2 aromatic carbocycles. The van der Waals surface area contributed by atoms with Crippen molar-refractivity contribution in [2.45, 2.75) is 14.7 Å². The number of aromatic nitrogens is 2. The minimum absolute atomic E-state index is 0.238. The fourth-order valence-corrected chi connectivity index (χ4v) is 5.98. The van der Waals surface area contributed by atoms with Crippen LogP contribution in [0, 0.1) is 15.9 Å². The summed E-state index contributed by atoms with van der Waals surface area (Å²) in [6.45, 7) is 0. The van der Waals surface area contributed by atoms with Crippen molar-refractivity contribution in [3.05, 3.63) is 94.1 Å². The molecule has 0 aliphatic heterocycles. The Hall–Kier alpha value is -3.48. The molecule has 2 heterocycles. The molecule has 12 heteroatoms. The number of nitro benzene ring substituents is 1. The van der Waals surface area contributed by atoms with Crippen LogP contribution in [0.1, 0.15) is 9.80 Å². The number of halogens is 1. The SMILES string of the molecule is O=C(c1ncc(-c2ccncc2Sc2ccc(F)cc2)s1)S(=O)(=O)c1ccc([N+](=O)[O-])cc1. The maximum Gasteiger partial charge on any atom is 0.309 e. The highest BCUT2D eigenvalue weighted by molar-refractivity contribution is 8.07. The molecule has 4 rings (SSSR count). The Bertz CT molecular complexity index is 1450. The molecule has 0 saturated carbocycles. The number of benzene rings is 2. The zero-order chi connectivity index (χ0) is 23.6. The van der Waals surface area contributed by atoms with E-state index in [2.05, 4.69) is 9.97 Å². The van der Waals surface area contributed by atoms with E-state index in [1.54, 1.807) is 30.6 Å². The minimum atomic E-state index is -4.43. The summed E-state index contributed by atoms with van der Waals surface area (Å²) >= 11 is 2.23. The molecule has 0 amide bonds. The van der Waals surface area contributed by atoms with Crippen molar-refractivity contribution in [3.8, 4) is 10.4 Å². The maximum atomic E-state index is 13.2. The van der Waals surface area contributed by atoms with Gasteiger partial charge in [0.15, 0.2) is 5.01 Å². The van der Waals surface area contributed by atoms with Gasteiger partial charge < -0.3 is 0 Å². The molecule has 0 saturated heterocycles. The van der Waals surface area contributed by atoms with Gasteiger partial charge in [-0.3, -0.25) is 19.9 Å². The van der Waals surface area contributed by atoms with Gasteiger partial charge in [-0.05, 0) is 42.5 Å². The van der Waals surface area contributed by atoms with E-state index in [0.717, 1.165) is 40.5 Å². The quantitative estimate of drug-likeness (QED) is 0.267. The molecule has 166 valence electrons. The molecule has 0 fully saturated rings. The average molecular weight is 502 g/mol. The lowest BCUT2D eigenvalue weighted by molar-refractivity contribution is -0.384. The van der Waals surface area contributed by atoms with E-state index < -0.39 is 19.9 Å². The van der Waals surface area contributed by atoms with E-state index >= 15 is 0 Å². The van der Waals surface area contributed by atoms with Crippen LogP contribution in [-0.2, 0) is 9.84 Å². The molecule has 8 nitrogen and oxygen atoms in total. The Labute approximate surface area is 195 Å². The van der Waals surface area contributed by atoms with E-state index in [9.17, 15) is 27.7 Å². The molecule has 0 spiro atoms. The van der Waals surface area contributed by atoms with Crippen LogP contribution in [0.2, 0.25) is 0 Å². The van der Waals surface area contributed by atoms with E-state index in [1.807, 2.05) is 0 Å². The van der Waals surface area contributed by atoms with Crippen molar-refractivity contribution in [2.24, 2.45) is 0 Å². The summed E-state index contributed by atoms with van der Waals surface area (Å²) in [5.74, 6) is -0.356. The van der Waals surface area contributed by atoms with Gasteiger partial charge in [0.25, 0.3) is 5.69 Å².